The number of allylic oxidation sites excluding steroid dienone is 1. The molecule has 0 spiro atoms. The minimum Gasteiger partial charge on any atom is -0.394 e. The molecule has 0 amide bonds. The van der Waals surface area contributed by atoms with E-state index in [1.807, 2.05) is 26.8 Å². The van der Waals surface area contributed by atoms with Crippen molar-refractivity contribution in [2.45, 2.75) is 137 Å². The summed E-state index contributed by atoms with van der Waals surface area (Å²) in [5.41, 5.74) is -2.19. The van der Waals surface area contributed by atoms with Gasteiger partial charge in [-0.25, -0.2) is 0 Å². The third kappa shape index (κ3) is 4.36. The van der Waals surface area contributed by atoms with Gasteiger partial charge in [0.2, 0.25) is 0 Å². The average Bonchev–Trinajstić information content (AvgIpc) is 2.96. The Bertz CT molecular complexity index is 1300. The summed E-state index contributed by atoms with van der Waals surface area (Å²) >= 11 is 0. The van der Waals surface area contributed by atoms with Crippen molar-refractivity contribution in [2.75, 3.05) is 6.61 Å². The number of ketones is 2. The van der Waals surface area contributed by atoms with E-state index in [1.165, 1.54) is 0 Å². The van der Waals surface area contributed by atoms with E-state index in [9.17, 15) is 40.2 Å². The van der Waals surface area contributed by atoms with E-state index in [1.54, 1.807) is 0 Å². The van der Waals surface area contributed by atoms with Gasteiger partial charge in [0.25, 0.3) is 0 Å². The molecule has 17 atom stereocenters. The molecule has 1 heterocycles. The number of carbonyl (C=O) groups is 2. The molecule has 6 N–H and O–H groups in total. The quantitative estimate of drug-likeness (QED) is 0.249. The van der Waals surface area contributed by atoms with E-state index in [4.69, 9.17) is 9.47 Å². The monoisotopic (exact) mass is 648 g/mol. The zero-order valence-electron chi connectivity index (χ0n) is 28.6. The SMILES string of the molecule is C[C@H]1[C@H](C)C(=O)C[C@]2(C)C[C@H](O)[C@]3(C)C(=CC(=O)[C@@H]4[C@@]5(C)C[C@H](O[C@@H]6O[C@H](CO)[C@@H](O)[C@H](O)[C@H]6O)[C@H](O)C(C)(C)[C@@H]5CC[C@]43C)[C@H]12. The Morgan fingerprint density at radius 2 is 1.59 bits per heavy atom. The summed E-state index contributed by atoms with van der Waals surface area (Å²) in [4.78, 5) is 27.8. The zero-order chi connectivity index (χ0) is 34.1. The second-order valence-corrected chi connectivity index (χ2v) is 17.6. The molecule has 260 valence electrons. The normalized spacial score (nSPS) is 56.7. The first kappa shape index (κ1) is 34.6. The van der Waals surface area contributed by atoms with Crippen LogP contribution in [-0.4, -0.2) is 97.8 Å². The topological polar surface area (TPSA) is 174 Å². The third-order valence-electron chi connectivity index (χ3n) is 15.0. The maximum absolute atomic E-state index is 14.7. The van der Waals surface area contributed by atoms with Gasteiger partial charge in [-0.3, -0.25) is 9.59 Å². The van der Waals surface area contributed by atoms with Gasteiger partial charge in [-0.15, -0.1) is 0 Å². The van der Waals surface area contributed by atoms with Crippen LogP contribution < -0.4 is 0 Å². The van der Waals surface area contributed by atoms with Crippen LogP contribution in [0.3, 0.4) is 0 Å². The van der Waals surface area contributed by atoms with Gasteiger partial charge in [-0.05, 0) is 71.2 Å². The van der Waals surface area contributed by atoms with E-state index in [-0.39, 0.29) is 41.7 Å². The van der Waals surface area contributed by atoms with Crippen molar-refractivity contribution in [1.29, 1.82) is 0 Å². The highest BCUT2D eigenvalue weighted by molar-refractivity contribution is 5.96. The van der Waals surface area contributed by atoms with Gasteiger partial charge in [0.15, 0.2) is 12.1 Å². The van der Waals surface area contributed by atoms with Crippen LogP contribution in [0.25, 0.3) is 0 Å². The lowest BCUT2D eigenvalue weighted by molar-refractivity contribution is -0.334. The minimum atomic E-state index is -1.62. The molecule has 4 saturated carbocycles. The van der Waals surface area contributed by atoms with Crippen LogP contribution in [0.5, 0.6) is 0 Å². The lowest BCUT2D eigenvalue weighted by Crippen LogP contribution is -2.71. The predicted octanol–water partition coefficient (Wildman–Crippen LogP) is 2.15. The van der Waals surface area contributed by atoms with Crippen molar-refractivity contribution in [2.24, 2.45) is 56.7 Å². The van der Waals surface area contributed by atoms with E-state index >= 15 is 0 Å². The smallest absolute Gasteiger partial charge is 0.187 e. The van der Waals surface area contributed by atoms with Crippen LogP contribution in [0.4, 0.5) is 0 Å². The molecule has 46 heavy (non-hydrogen) atoms. The fourth-order valence-corrected chi connectivity index (χ4v) is 12.3. The number of rotatable bonds is 3. The molecule has 0 bridgehead atoms. The molecule has 6 rings (SSSR count). The van der Waals surface area contributed by atoms with Crippen molar-refractivity contribution < 1.29 is 49.7 Å². The van der Waals surface area contributed by atoms with Crippen molar-refractivity contribution in [1.82, 2.24) is 0 Å². The fraction of sp³-hybridized carbons (Fsp3) is 0.889. The molecular weight excluding hydrogens is 592 g/mol. The van der Waals surface area contributed by atoms with Gasteiger partial charge in [0.1, 0.15) is 30.2 Å². The van der Waals surface area contributed by atoms with Crippen molar-refractivity contribution in [3.63, 3.8) is 0 Å². The summed E-state index contributed by atoms with van der Waals surface area (Å²) in [5.74, 6) is -0.450. The molecular formula is C36H56O10. The number of fused-ring (bicyclic) bond motifs is 7. The first-order valence-electron chi connectivity index (χ1n) is 17.3. The number of hydrogen-bond acceptors (Lipinski definition) is 10. The molecule has 0 aromatic heterocycles. The van der Waals surface area contributed by atoms with Gasteiger partial charge in [-0.2, -0.15) is 0 Å². The second kappa shape index (κ2) is 10.9. The van der Waals surface area contributed by atoms with Crippen LogP contribution in [-0.2, 0) is 19.1 Å². The van der Waals surface area contributed by atoms with E-state index in [2.05, 4.69) is 34.6 Å². The maximum Gasteiger partial charge on any atom is 0.187 e. The Kier molecular flexibility index (Phi) is 8.19. The molecule has 10 heteroatoms. The first-order valence-corrected chi connectivity index (χ1v) is 17.3. The summed E-state index contributed by atoms with van der Waals surface area (Å²) in [7, 11) is 0. The van der Waals surface area contributed by atoms with Crippen LogP contribution in [0.2, 0.25) is 0 Å². The summed E-state index contributed by atoms with van der Waals surface area (Å²) < 4.78 is 11.9. The molecule has 0 aromatic carbocycles. The van der Waals surface area contributed by atoms with Crippen molar-refractivity contribution in [3.8, 4) is 0 Å². The summed E-state index contributed by atoms with van der Waals surface area (Å²) in [6.07, 6.45) is -5.60. The molecule has 0 unspecified atom stereocenters. The highest BCUT2D eigenvalue weighted by Gasteiger charge is 2.73. The molecule has 1 aliphatic heterocycles. The standard InChI is InChI=1S/C36H56O10/c1-16-17(2)25-18-11-19(38)29-34(6)13-21(45-31-28(43)27(42)26(41)22(15-37)46-31)30(44)32(3,4)23(34)9-10-35(29,7)36(18,8)24(40)14-33(25,5)12-20(16)39/h11,16-17,21-31,37,40-44H,9-10,12-15H2,1-8H3/t16-,17-,21-,22+,23-,24-,25-,26+,27-,28+,29+,30-,31+,33+,34-,35+,36-/m0/s1. The van der Waals surface area contributed by atoms with E-state index < -0.39 is 88.6 Å². The number of aliphatic hydroxyl groups is 6. The summed E-state index contributed by atoms with van der Waals surface area (Å²) in [6.45, 7) is 15.9. The number of Topliss-reactive ketones (excluding diaryl/α,β-unsaturated/α-hetero) is 1. The van der Waals surface area contributed by atoms with Gasteiger partial charge in [0.05, 0.1) is 24.9 Å². The highest BCUT2D eigenvalue weighted by Crippen LogP contribution is 2.75. The van der Waals surface area contributed by atoms with Crippen molar-refractivity contribution in [3.05, 3.63) is 11.6 Å². The Labute approximate surface area is 272 Å². The molecule has 6 aliphatic rings. The summed E-state index contributed by atoms with van der Waals surface area (Å²) in [6, 6.07) is 0. The Balaban J connectivity index is 1.41. The number of hydrogen-bond donors (Lipinski definition) is 6. The number of aliphatic hydroxyl groups excluding tert-OH is 6. The van der Waals surface area contributed by atoms with Crippen LogP contribution in [0.1, 0.15) is 87.5 Å². The van der Waals surface area contributed by atoms with Gasteiger partial charge in [-0.1, -0.05) is 61.0 Å². The molecule has 5 fully saturated rings. The summed E-state index contributed by atoms with van der Waals surface area (Å²) in [5, 5.41) is 65.1. The largest absolute Gasteiger partial charge is 0.394 e. The third-order valence-corrected chi connectivity index (χ3v) is 15.0. The second-order valence-electron chi connectivity index (χ2n) is 17.6. The van der Waals surface area contributed by atoms with Crippen LogP contribution >= 0.6 is 0 Å². The highest BCUT2D eigenvalue weighted by atomic mass is 16.7. The molecule has 5 aliphatic carbocycles. The first-order chi connectivity index (χ1) is 21.2. The van der Waals surface area contributed by atoms with E-state index in [0.717, 1.165) is 12.0 Å². The fourth-order valence-electron chi connectivity index (χ4n) is 12.3. The Hall–Kier alpha value is -1.24. The zero-order valence-corrected chi connectivity index (χ0v) is 28.6. The Morgan fingerprint density at radius 1 is 0.935 bits per heavy atom. The van der Waals surface area contributed by atoms with Crippen LogP contribution in [0, 0.1) is 56.7 Å². The minimum absolute atomic E-state index is 0.00672. The van der Waals surface area contributed by atoms with Gasteiger partial charge < -0.3 is 40.1 Å². The van der Waals surface area contributed by atoms with Gasteiger partial charge in [0, 0.05) is 23.7 Å². The molecule has 0 aromatic rings. The Morgan fingerprint density at radius 3 is 2.22 bits per heavy atom. The number of carbonyl (C=O) groups excluding carboxylic acids is 2. The predicted molar refractivity (Wildman–Crippen MR) is 167 cm³/mol. The number of ether oxygens (including phenoxy) is 2. The van der Waals surface area contributed by atoms with Crippen LogP contribution in [0.15, 0.2) is 11.6 Å². The lowest BCUT2D eigenvalue weighted by Gasteiger charge is -2.71. The molecule has 10 nitrogen and oxygen atoms in total. The average molecular weight is 649 g/mol. The molecule has 0 radical (unpaired) electrons. The van der Waals surface area contributed by atoms with E-state index in [0.29, 0.717) is 19.3 Å². The van der Waals surface area contributed by atoms with Gasteiger partial charge >= 0.3 is 0 Å². The maximum atomic E-state index is 14.7. The molecule has 1 saturated heterocycles. The van der Waals surface area contributed by atoms with Crippen molar-refractivity contribution >= 4 is 11.6 Å². The lowest BCUT2D eigenvalue weighted by atomic mass is 9.32.